The predicted octanol–water partition coefficient (Wildman–Crippen LogP) is 4.69. The van der Waals surface area contributed by atoms with Crippen LogP contribution in [0.5, 0.6) is 0 Å². The molecule has 0 amide bonds. The number of halogens is 2. The molecule has 18 heavy (non-hydrogen) atoms. The number of hydrogen-bond donors (Lipinski definition) is 1. The first kappa shape index (κ1) is 14.2. The molecule has 0 aliphatic heterocycles. The summed E-state index contributed by atoms with van der Waals surface area (Å²) in [6.45, 7) is 4.57. The number of nitrogens with two attached hydrogens (primary N) is 1. The average Bonchev–Trinajstić information content (AvgIpc) is 2.29. The summed E-state index contributed by atoms with van der Waals surface area (Å²) in [6, 6.07) is 5.70. The Labute approximate surface area is 120 Å². The molecule has 1 aromatic carbocycles. The van der Waals surface area contributed by atoms with Crippen LogP contribution in [0.4, 0.5) is 0 Å². The van der Waals surface area contributed by atoms with Crippen molar-refractivity contribution >= 4 is 23.2 Å². The van der Waals surface area contributed by atoms with Crippen molar-refractivity contribution in [3.05, 3.63) is 33.8 Å². The minimum Gasteiger partial charge on any atom is -0.325 e. The molecule has 0 spiro atoms. The van der Waals surface area contributed by atoms with Crippen molar-refractivity contribution in [2.75, 3.05) is 0 Å². The van der Waals surface area contributed by atoms with E-state index in [2.05, 4.69) is 13.8 Å². The molecular weight excluding hydrogens is 265 g/mol. The Hall–Kier alpha value is -0.240. The first-order valence-electron chi connectivity index (χ1n) is 6.63. The van der Waals surface area contributed by atoms with Gasteiger partial charge in [-0.1, -0.05) is 43.1 Å². The number of rotatable bonds is 2. The van der Waals surface area contributed by atoms with Crippen molar-refractivity contribution in [2.45, 2.75) is 45.1 Å². The van der Waals surface area contributed by atoms with Gasteiger partial charge in [0, 0.05) is 15.6 Å². The van der Waals surface area contributed by atoms with Crippen molar-refractivity contribution in [1.82, 2.24) is 0 Å². The van der Waals surface area contributed by atoms with Crippen molar-refractivity contribution in [3.8, 4) is 0 Å². The topological polar surface area (TPSA) is 26.0 Å². The van der Waals surface area contributed by atoms with Gasteiger partial charge in [0.15, 0.2) is 0 Å². The van der Waals surface area contributed by atoms with Crippen molar-refractivity contribution in [3.63, 3.8) is 0 Å². The molecular formula is C15H21Cl2N. The molecule has 3 atom stereocenters. The monoisotopic (exact) mass is 285 g/mol. The minimum absolute atomic E-state index is 0.121. The zero-order valence-electron chi connectivity index (χ0n) is 11.0. The molecule has 1 nitrogen and oxygen atoms in total. The van der Waals surface area contributed by atoms with Gasteiger partial charge < -0.3 is 5.73 Å². The van der Waals surface area contributed by atoms with Crippen LogP contribution in [0.15, 0.2) is 18.2 Å². The summed E-state index contributed by atoms with van der Waals surface area (Å²) in [5.41, 5.74) is 7.61. The van der Waals surface area contributed by atoms with Gasteiger partial charge in [0.05, 0.1) is 0 Å². The van der Waals surface area contributed by atoms with E-state index in [-0.39, 0.29) is 5.54 Å². The van der Waals surface area contributed by atoms with Gasteiger partial charge in [-0.15, -0.1) is 0 Å². The molecule has 1 saturated carbocycles. The first-order chi connectivity index (χ1) is 8.40. The first-order valence-corrected chi connectivity index (χ1v) is 7.39. The van der Waals surface area contributed by atoms with Gasteiger partial charge >= 0.3 is 0 Å². The number of benzene rings is 1. The molecule has 0 heterocycles. The lowest BCUT2D eigenvalue weighted by Crippen LogP contribution is -2.51. The van der Waals surface area contributed by atoms with Crippen LogP contribution >= 0.6 is 23.2 Å². The predicted molar refractivity (Wildman–Crippen MR) is 79.3 cm³/mol. The Morgan fingerprint density at radius 2 is 2.06 bits per heavy atom. The quantitative estimate of drug-likeness (QED) is 0.838. The molecule has 0 saturated heterocycles. The highest BCUT2D eigenvalue weighted by Gasteiger charge is 2.37. The molecule has 1 fully saturated rings. The smallest absolute Gasteiger partial charge is 0.0453 e. The molecule has 1 aliphatic carbocycles. The van der Waals surface area contributed by atoms with E-state index < -0.39 is 0 Å². The summed E-state index contributed by atoms with van der Waals surface area (Å²) in [5.74, 6) is 1.32. The van der Waals surface area contributed by atoms with Crippen molar-refractivity contribution < 1.29 is 0 Å². The molecule has 0 aromatic heterocycles. The van der Waals surface area contributed by atoms with Crippen LogP contribution in [0, 0.1) is 11.8 Å². The second-order valence-electron chi connectivity index (χ2n) is 5.93. The Balaban J connectivity index is 2.17. The summed E-state index contributed by atoms with van der Waals surface area (Å²) in [6.07, 6.45) is 4.35. The van der Waals surface area contributed by atoms with Crippen molar-refractivity contribution in [2.24, 2.45) is 17.6 Å². The third-order valence-electron chi connectivity index (χ3n) is 4.37. The second-order valence-corrected chi connectivity index (χ2v) is 6.77. The summed E-state index contributed by atoms with van der Waals surface area (Å²) in [5, 5.41) is 1.42. The number of hydrogen-bond acceptors (Lipinski definition) is 1. The van der Waals surface area contributed by atoms with E-state index in [1.165, 1.54) is 12.8 Å². The van der Waals surface area contributed by atoms with E-state index in [1.807, 2.05) is 12.1 Å². The highest BCUT2D eigenvalue weighted by molar-refractivity contribution is 6.35. The third kappa shape index (κ3) is 3.01. The summed E-state index contributed by atoms with van der Waals surface area (Å²) >= 11 is 12.2. The van der Waals surface area contributed by atoms with Gasteiger partial charge in [0.2, 0.25) is 0 Å². The molecule has 2 rings (SSSR count). The summed E-state index contributed by atoms with van der Waals surface area (Å²) in [4.78, 5) is 0. The third-order valence-corrected chi connectivity index (χ3v) is 4.96. The van der Waals surface area contributed by atoms with E-state index in [1.54, 1.807) is 6.07 Å². The van der Waals surface area contributed by atoms with Crippen LogP contribution in [0.25, 0.3) is 0 Å². The van der Waals surface area contributed by atoms with Gasteiger partial charge in [0.25, 0.3) is 0 Å². The second kappa shape index (κ2) is 5.40. The van der Waals surface area contributed by atoms with Gasteiger partial charge in [-0.2, -0.15) is 0 Å². The Morgan fingerprint density at radius 3 is 2.67 bits per heavy atom. The molecule has 3 unspecified atom stereocenters. The summed E-state index contributed by atoms with van der Waals surface area (Å²) in [7, 11) is 0. The fraction of sp³-hybridized carbons (Fsp3) is 0.600. The van der Waals surface area contributed by atoms with Crippen LogP contribution in [-0.4, -0.2) is 5.54 Å². The standard InChI is InChI=1S/C15H21Cl2N/c1-10-5-6-15(18,11(2)7-10)9-12-3-4-13(16)8-14(12)17/h3-4,8,10-11H,5-7,9,18H2,1-2H3. The lowest BCUT2D eigenvalue weighted by Gasteiger charge is -2.42. The average molecular weight is 286 g/mol. The van der Waals surface area contributed by atoms with Crippen LogP contribution < -0.4 is 5.73 Å². The molecule has 3 heteroatoms. The fourth-order valence-corrected chi connectivity index (χ4v) is 3.48. The Bertz CT molecular complexity index is 433. The zero-order chi connectivity index (χ0) is 13.3. The van der Waals surface area contributed by atoms with Gasteiger partial charge in [0.1, 0.15) is 0 Å². The van der Waals surface area contributed by atoms with E-state index in [0.717, 1.165) is 29.3 Å². The van der Waals surface area contributed by atoms with Crippen LogP contribution in [0.2, 0.25) is 10.0 Å². The summed E-state index contributed by atoms with van der Waals surface area (Å²) < 4.78 is 0. The maximum absolute atomic E-state index is 6.61. The molecule has 2 N–H and O–H groups in total. The highest BCUT2D eigenvalue weighted by Crippen LogP contribution is 2.38. The van der Waals surface area contributed by atoms with Gasteiger partial charge in [-0.05, 0) is 55.2 Å². The van der Waals surface area contributed by atoms with Gasteiger partial charge in [-0.25, -0.2) is 0 Å². The van der Waals surface area contributed by atoms with Crippen LogP contribution in [0.1, 0.15) is 38.7 Å². The van der Waals surface area contributed by atoms with E-state index >= 15 is 0 Å². The molecule has 100 valence electrons. The highest BCUT2D eigenvalue weighted by atomic mass is 35.5. The normalized spacial score (nSPS) is 32.5. The SMILES string of the molecule is CC1CCC(N)(Cc2ccc(Cl)cc2Cl)C(C)C1. The van der Waals surface area contributed by atoms with E-state index in [0.29, 0.717) is 10.9 Å². The Kier molecular flexibility index (Phi) is 4.25. The minimum atomic E-state index is -0.121. The largest absolute Gasteiger partial charge is 0.325 e. The molecule has 1 aromatic rings. The van der Waals surface area contributed by atoms with E-state index in [9.17, 15) is 0 Å². The molecule has 0 radical (unpaired) electrons. The van der Waals surface area contributed by atoms with Crippen molar-refractivity contribution in [1.29, 1.82) is 0 Å². The fourth-order valence-electron chi connectivity index (χ4n) is 3.00. The Morgan fingerprint density at radius 1 is 1.33 bits per heavy atom. The van der Waals surface area contributed by atoms with Crippen LogP contribution in [-0.2, 0) is 6.42 Å². The molecule has 1 aliphatic rings. The lowest BCUT2D eigenvalue weighted by atomic mass is 9.68. The van der Waals surface area contributed by atoms with Crippen LogP contribution in [0.3, 0.4) is 0 Å². The zero-order valence-corrected chi connectivity index (χ0v) is 12.6. The van der Waals surface area contributed by atoms with E-state index in [4.69, 9.17) is 28.9 Å². The molecule has 0 bridgehead atoms. The van der Waals surface area contributed by atoms with Gasteiger partial charge in [-0.3, -0.25) is 0 Å². The maximum atomic E-state index is 6.61. The lowest BCUT2D eigenvalue weighted by molar-refractivity contribution is 0.163. The maximum Gasteiger partial charge on any atom is 0.0453 e.